The molecule has 1 aromatic rings. The average molecular weight is 294 g/mol. The lowest BCUT2D eigenvalue weighted by Gasteiger charge is -2.17. The summed E-state index contributed by atoms with van der Waals surface area (Å²) in [5.74, 6) is 0.339. The monoisotopic (exact) mass is 292 g/mol. The van der Waals surface area contributed by atoms with Crippen LogP contribution in [0.2, 0.25) is 0 Å². The number of hydrogen-bond acceptors (Lipinski definition) is 2. The molecule has 2 nitrogen and oxygen atoms in total. The summed E-state index contributed by atoms with van der Waals surface area (Å²) in [6, 6.07) is 5.52. The molecule has 0 saturated carbocycles. The quantitative estimate of drug-likeness (QED) is 0.838. The molecule has 1 aromatic carbocycles. The third-order valence-electron chi connectivity index (χ3n) is 2.31. The van der Waals surface area contributed by atoms with Gasteiger partial charge >= 0.3 is 0 Å². The molecule has 4 heteroatoms. The van der Waals surface area contributed by atoms with Gasteiger partial charge in [-0.1, -0.05) is 28.1 Å². The van der Waals surface area contributed by atoms with E-state index in [0.717, 1.165) is 10.0 Å². The summed E-state index contributed by atoms with van der Waals surface area (Å²) < 4.78 is 0.928. The van der Waals surface area contributed by atoms with Crippen LogP contribution in [0.1, 0.15) is 23.7 Å². The van der Waals surface area contributed by atoms with Crippen molar-refractivity contribution in [3.8, 4) is 0 Å². The fourth-order valence-corrected chi connectivity index (χ4v) is 1.90. The van der Waals surface area contributed by atoms with Crippen LogP contribution in [0.15, 0.2) is 22.7 Å². The van der Waals surface area contributed by atoms with E-state index in [9.17, 15) is 10.2 Å². The summed E-state index contributed by atoms with van der Waals surface area (Å²) in [7, 11) is 0. The topological polar surface area (TPSA) is 40.5 Å². The first-order chi connectivity index (χ1) is 7.06. The van der Waals surface area contributed by atoms with Gasteiger partial charge in [-0.2, -0.15) is 0 Å². The van der Waals surface area contributed by atoms with Crippen LogP contribution < -0.4 is 0 Å². The van der Waals surface area contributed by atoms with Crippen LogP contribution in [-0.4, -0.2) is 22.2 Å². The Bertz CT molecular complexity index is 330. The zero-order valence-corrected chi connectivity index (χ0v) is 10.8. The summed E-state index contributed by atoms with van der Waals surface area (Å²) in [5, 5.41) is 19.4. The Labute approximate surface area is 103 Å². The zero-order valence-electron chi connectivity index (χ0n) is 8.45. The van der Waals surface area contributed by atoms with Crippen molar-refractivity contribution in [1.82, 2.24) is 0 Å². The van der Waals surface area contributed by atoms with Crippen molar-refractivity contribution in [2.24, 2.45) is 0 Å². The molecule has 2 atom stereocenters. The predicted octanol–water partition coefficient (Wildman–Crippen LogP) is 2.78. The fraction of sp³-hybridized carbons (Fsp3) is 0.455. The van der Waals surface area contributed by atoms with Crippen molar-refractivity contribution in [2.75, 3.05) is 5.88 Å². The smallest absolute Gasteiger partial charge is 0.105 e. The lowest BCUT2D eigenvalue weighted by molar-refractivity contribution is 0.0169. The Balaban J connectivity index is 2.81. The van der Waals surface area contributed by atoms with E-state index < -0.39 is 12.2 Å². The molecule has 0 bridgehead atoms. The Morgan fingerprint density at radius 2 is 2.07 bits per heavy atom. The number of aryl methyl sites for hydroxylation is 1. The summed E-state index contributed by atoms with van der Waals surface area (Å²) >= 11 is 8.89. The standard InChI is InChI=1S/C11H14BrClO2/c1-7-2-3-8(6-9(7)12)11(15)10(14)4-5-13/h2-3,6,10-11,14-15H,4-5H2,1H3. The summed E-state index contributed by atoms with van der Waals surface area (Å²) in [5.41, 5.74) is 1.79. The normalized spacial score (nSPS) is 15.0. The Hall–Kier alpha value is -0.0900. The molecule has 84 valence electrons. The van der Waals surface area contributed by atoms with Crippen molar-refractivity contribution >= 4 is 27.5 Å². The number of benzene rings is 1. The number of rotatable bonds is 4. The summed E-state index contributed by atoms with van der Waals surface area (Å²) in [4.78, 5) is 0. The Morgan fingerprint density at radius 3 is 2.60 bits per heavy atom. The van der Waals surface area contributed by atoms with Gasteiger partial charge in [-0.3, -0.25) is 0 Å². The highest BCUT2D eigenvalue weighted by atomic mass is 79.9. The van der Waals surface area contributed by atoms with Gasteiger partial charge in [0.2, 0.25) is 0 Å². The van der Waals surface area contributed by atoms with E-state index in [2.05, 4.69) is 15.9 Å². The SMILES string of the molecule is Cc1ccc(C(O)C(O)CCCl)cc1Br. The third kappa shape index (κ3) is 3.45. The number of halogens is 2. The molecule has 1 rings (SSSR count). The maximum absolute atomic E-state index is 9.81. The molecule has 0 aliphatic carbocycles. The number of alkyl halides is 1. The van der Waals surface area contributed by atoms with Gasteiger partial charge in [0.1, 0.15) is 6.10 Å². The van der Waals surface area contributed by atoms with Crippen LogP contribution >= 0.6 is 27.5 Å². The molecule has 15 heavy (non-hydrogen) atoms. The molecule has 2 unspecified atom stereocenters. The molecule has 0 saturated heterocycles. The van der Waals surface area contributed by atoms with Crippen LogP contribution in [0.5, 0.6) is 0 Å². The van der Waals surface area contributed by atoms with Gasteiger partial charge < -0.3 is 10.2 Å². The van der Waals surface area contributed by atoms with Gasteiger partial charge in [0.05, 0.1) is 6.10 Å². The van der Waals surface area contributed by atoms with Crippen molar-refractivity contribution in [1.29, 1.82) is 0 Å². The fourth-order valence-electron chi connectivity index (χ4n) is 1.28. The van der Waals surface area contributed by atoms with E-state index in [1.54, 1.807) is 0 Å². The summed E-state index contributed by atoms with van der Waals surface area (Å²) in [6.45, 7) is 1.97. The van der Waals surface area contributed by atoms with Crippen LogP contribution in [0.4, 0.5) is 0 Å². The van der Waals surface area contributed by atoms with E-state index in [4.69, 9.17) is 11.6 Å². The van der Waals surface area contributed by atoms with E-state index in [1.807, 2.05) is 25.1 Å². The van der Waals surface area contributed by atoms with Gasteiger partial charge in [-0.25, -0.2) is 0 Å². The molecule has 0 aromatic heterocycles. The van der Waals surface area contributed by atoms with E-state index in [-0.39, 0.29) is 0 Å². The molecular formula is C11H14BrClO2. The van der Waals surface area contributed by atoms with Gasteiger partial charge in [-0.15, -0.1) is 11.6 Å². The second-order valence-corrected chi connectivity index (χ2v) is 4.73. The second kappa shape index (κ2) is 5.85. The molecule has 0 aliphatic rings. The predicted molar refractivity (Wildman–Crippen MR) is 65.2 cm³/mol. The lowest BCUT2D eigenvalue weighted by Crippen LogP contribution is -2.18. The van der Waals surface area contributed by atoms with E-state index in [1.165, 1.54) is 0 Å². The molecule has 0 spiro atoms. The van der Waals surface area contributed by atoms with Crippen LogP contribution in [0.3, 0.4) is 0 Å². The Kier molecular flexibility index (Phi) is 5.06. The van der Waals surface area contributed by atoms with Gasteiger partial charge in [-0.05, 0) is 30.5 Å². The average Bonchev–Trinajstić information content (AvgIpc) is 2.21. The molecule has 0 amide bonds. The van der Waals surface area contributed by atoms with Gasteiger partial charge in [0.15, 0.2) is 0 Å². The highest BCUT2D eigenvalue weighted by Crippen LogP contribution is 2.24. The number of aliphatic hydroxyl groups is 2. The van der Waals surface area contributed by atoms with Gasteiger partial charge in [0.25, 0.3) is 0 Å². The number of hydrogen-bond donors (Lipinski definition) is 2. The first-order valence-electron chi connectivity index (χ1n) is 4.74. The molecule has 0 fully saturated rings. The molecular weight excluding hydrogens is 279 g/mol. The van der Waals surface area contributed by atoms with Crippen molar-refractivity contribution in [3.63, 3.8) is 0 Å². The minimum Gasteiger partial charge on any atom is -0.390 e. The first-order valence-corrected chi connectivity index (χ1v) is 6.07. The summed E-state index contributed by atoms with van der Waals surface area (Å²) in [6.07, 6.45) is -1.30. The minimum absolute atomic E-state index is 0.339. The van der Waals surface area contributed by atoms with E-state index >= 15 is 0 Å². The maximum Gasteiger partial charge on any atom is 0.105 e. The zero-order chi connectivity index (χ0) is 11.4. The lowest BCUT2D eigenvalue weighted by atomic mass is 10.0. The highest BCUT2D eigenvalue weighted by Gasteiger charge is 2.17. The van der Waals surface area contributed by atoms with E-state index in [0.29, 0.717) is 17.9 Å². The first kappa shape index (κ1) is 13.0. The molecule has 0 radical (unpaired) electrons. The molecule has 0 aliphatic heterocycles. The van der Waals surface area contributed by atoms with Crippen LogP contribution in [0, 0.1) is 6.92 Å². The van der Waals surface area contributed by atoms with Crippen LogP contribution in [0.25, 0.3) is 0 Å². The minimum atomic E-state index is -0.874. The number of aliphatic hydroxyl groups excluding tert-OH is 2. The second-order valence-electron chi connectivity index (χ2n) is 3.50. The maximum atomic E-state index is 9.81. The highest BCUT2D eigenvalue weighted by molar-refractivity contribution is 9.10. The largest absolute Gasteiger partial charge is 0.390 e. The molecule has 2 N–H and O–H groups in total. The van der Waals surface area contributed by atoms with Gasteiger partial charge in [0, 0.05) is 10.4 Å². The van der Waals surface area contributed by atoms with Crippen molar-refractivity contribution < 1.29 is 10.2 Å². The molecule has 0 heterocycles. The van der Waals surface area contributed by atoms with Crippen molar-refractivity contribution in [2.45, 2.75) is 25.6 Å². The van der Waals surface area contributed by atoms with Crippen LogP contribution in [-0.2, 0) is 0 Å². The Morgan fingerprint density at radius 1 is 1.40 bits per heavy atom. The van der Waals surface area contributed by atoms with Crippen molar-refractivity contribution in [3.05, 3.63) is 33.8 Å². The third-order valence-corrected chi connectivity index (χ3v) is 3.38.